The van der Waals surface area contributed by atoms with Gasteiger partial charge in [0.05, 0.1) is 11.6 Å². The van der Waals surface area contributed by atoms with Crippen LogP contribution in [-0.4, -0.2) is 13.0 Å². The summed E-state index contributed by atoms with van der Waals surface area (Å²) in [5.41, 5.74) is 8.71. The highest BCUT2D eigenvalue weighted by Gasteiger charge is 2.14. The third kappa shape index (κ3) is 2.40. The van der Waals surface area contributed by atoms with Crippen molar-refractivity contribution >= 4 is 11.6 Å². The molecule has 4 nitrogen and oxygen atoms in total. The molecule has 0 fully saturated rings. The van der Waals surface area contributed by atoms with E-state index in [4.69, 9.17) is 11.0 Å². The van der Waals surface area contributed by atoms with Crippen LogP contribution in [0.15, 0.2) is 42.5 Å². The number of hydrogen-bond donors (Lipinski definition) is 2. The highest BCUT2D eigenvalue weighted by Crippen LogP contribution is 2.28. The Bertz CT molecular complexity index is 671. The standard InChI is InChI=1S/C15H13N3O/c1-18-15(19)13-7-6-11(17)8-14(13)12-5-3-2-4-10(12)9-16/h2-8H,17H2,1H3,(H,18,19). The van der Waals surface area contributed by atoms with Gasteiger partial charge in [0, 0.05) is 23.9 Å². The van der Waals surface area contributed by atoms with Crippen molar-refractivity contribution in [3.05, 3.63) is 53.6 Å². The van der Waals surface area contributed by atoms with Crippen LogP contribution < -0.4 is 11.1 Å². The van der Waals surface area contributed by atoms with Crippen LogP contribution in [0.3, 0.4) is 0 Å². The summed E-state index contributed by atoms with van der Waals surface area (Å²) in [6.07, 6.45) is 0. The Morgan fingerprint density at radius 2 is 1.95 bits per heavy atom. The van der Waals surface area contributed by atoms with Gasteiger partial charge in [0.1, 0.15) is 0 Å². The highest BCUT2D eigenvalue weighted by molar-refractivity contribution is 6.02. The Kier molecular flexibility index (Phi) is 3.48. The van der Waals surface area contributed by atoms with E-state index in [1.165, 1.54) is 0 Å². The molecule has 94 valence electrons. The molecule has 0 unspecified atom stereocenters. The summed E-state index contributed by atoms with van der Waals surface area (Å²) in [6.45, 7) is 0. The first-order valence-electron chi connectivity index (χ1n) is 5.78. The lowest BCUT2D eigenvalue weighted by atomic mass is 9.95. The van der Waals surface area contributed by atoms with Crippen LogP contribution in [0.2, 0.25) is 0 Å². The molecule has 0 heterocycles. The Balaban J connectivity index is 2.71. The number of carbonyl (C=O) groups is 1. The second kappa shape index (κ2) is 5.23. The van der Waals surface area contributed by atoms with Crippen LogP contribution in [-0.2, 0) is 0 Å². The maximum atomic E-state index is 11.9. The number of benzene rings is 2. The van der Waals surface area contributed by atoms with E-state index in [0.717, 1.165) is 0 Å². The van der Waals surface area contributed by atoms with Crippen LogP contribution >= 0.6 is 0 Å². The molecule has 0 saturated carbocycles. The Morgan fingerprint density at radius 1 is 1.21 bits per heavy atom. The number of nitrogen functional groups attached to an aromatic ring is 1. The molecule has 2 rings (SSSR count). The quantitative estimate of drug-likeness (QED) is 0.803. The normalized spacial score (nSPS) is 9.68. The molecule has 1 amide bonds. The summed E-state index contributed by atoms with van der Waals surface area (Å²) < 4.78 is 0. The molecule has 0 bridgehead atoms. The number of nitriles is 1. The molecule has 19 heavy (non-hydrogen) atoms. The molecule has 0 aliphatic carbocycles. The van der Waals surface area contributed by atoms with Gasteiger partial charge in [-0.1, -0.05) is 18.2 Å². The molecule has 0 saturated heterocycles. The number of nitrogens with one attached hydrogen (secondary N) is 1. The van der Waals surface area contributed by atoms with Crippen molar-refractivity contribution in [2.75, 3.05) is 12.8 Å². The van der Waals surface area contributed by atoms with Gasteiger partial charge in [-0.25, -0.2) is 0 Å². The zero-order chi connectivity index (χ0) is 13.8. The molecule has 0 aromatic heterocycles. The molecule has 3 N–H and O–H groups in total. The molecule has 0 spiro atoms. The predicted molar refractivity (Wildman–Crippen MR) is 74.4 cm³/mol. The van der Waals surface area contributed by atoms with Gasteiger partial charge in [-0.3, -0.25) is 4.79 Å². The summed E-state index contributed by atoms with van der Waals surface area (Å²) in [6, 6.07) is 14.3. The van der Waals surface area contributed by atoms with Crippen molar-refractivity contribution in [2.24, 2.45) is 0 Å². The van der Waals surface area contributed by atoms with E-state index in [0.29, 0.717) is 27.9 Å². The minimum Gasteiger partial charge on any atom is -0.399 e. The lowest BCUT2D eigenvalue weighted by Crippen LogP contribution is -2.18. The van der Waals surface area contributed by atoms with E-state index in [9.17, 15) is 4.79 Å². The van der Waals surface area contributed by atoms with Crippen molar-refractivity contribution in [2.45, 2.75) is 0 Å². The van der Waals surface area contributed by atoms with Gasteiger partial charge >= 0.3 is 0 Å². The SMILES string of the molecule is CNC(=O)c1ccc(N)cc1-c1ccccc1C#N. The van der Waals surface area contributed by atoms with E-state index in [2.05, 4.69) is 11.4 Å². The molecule has 2 aromatic rings. The van der Waals surface area contributed by atoms with E-state index in [-0.39, 0.29) is 5.91 Å². The van der Waals surface area contributed by atoms with Crippen LogP contribution in [0.25, 0.3) is 11.1 Å². The van der Waals surface area contributed by atoms with Crippen molar-refractivity contribution in [3.8, 4) is 17.2 Å². The first-order chi connectivity index (χ1) is 9.17. The molecule has 0 aliphatic rings. The summed E-state index contributed by atoms with van der Waals surface area (Å²) >= 11 is 0. The number of nitrogens with zero attached hydrogens (tertiary/aromatic N) is 1. The van der Waals surface area contributed by atoms with Crippen molar-refractivity contribution < 1.29 is 4.79 Å². The monoisotopic (exact) mass is 251 g/mol. The van der Waals surface area contributed by atoms with Gasteiger partial charge < -0.3 is 11.1 Å². The van der Waals surface area contributed by atoms with Gasteiger partial charge in [0.2, 0.25) is 0 Å². The van der Waals surface area contributed by atoms with Crippen molar-refractivity contribution in [1.29, 1.82) is 5.26 Å². The second-order valence-corrected chi connectivity index (χ2v) is 4.04. The second-order valence-electron chi connectivity index (χ2n) is 4.04. The maximum Gasteiger partial charge on any atom is 0.251 e. The van der Waals surface area contributed by atoms with Gasteiger partial charge in [-0.2, -0.15) is 5.26 Å². The summed E-state index contributed by atoms with van der Waals surface area (Å²) in [5, 5.41) is 11.7. The average molecular weight is 251 g/mol. The lowest BCUT2D eigenvalue weighted by Gasteiger charge is -2.11. The van der Waals surface area contributed by atoms with Crippen LogP contribution in [0.4, 0.5) is 5.69 Å². The largest absolute Gasteiger partial charge is 0.399 e. The van der Waals surface area contributed by atoms with E-state index >= 15 is 0 Å². The molecular formula is C15H13N3O. The minimum absolute atomic E-state index is 0.206. The Morgan fingerprint density at radius 3 is 2.63 bits per heavy atom. The van der Waals surface area contributed by atoms with Gasteiger partial charge in [0.15, 0.2) is 0 Å². The van der Waals surface area contributed by atoms with Gasteiger partial charge in [0.25, 0.3) is 5.91 Å². The number of hydrogen-bond acceptors (Lipinski definition) is 3. The van der Waals surface area contributed by atoms with E-state index < -0.39 is 0 Å². The number of nitrogens with two attached hydrogens (primary N) is 1. The first-order valence-corrected chi connectivity index (χ1v) is 5.78. The van der Waals surface area contributed by atoms with Crippen LogP contribution in [0.5, 0.6) is 0 Å². The van der Waals surface area contributed by atoms with Crippen molar-refractivity contribution in [3.63, 3.8) is 0 Å². The topological polar surface area (TPSA) is 78.9 Å². The fraction of sp³-hybridized carbons (Fsp3) is 0.0667. The zero-order valence-corrected chi connectivity index (χ0v) is 10.5. The third-order valence-corrected chi connectivity index (χ3v) is 2.85. The minimum atomic E-state index is -0.206. The lowest BCUT2D eigenvalue weighted by molar-refractivity contribution is 0.0964. The van der Waals surface area contributed by atoms with Gasteiger partial charge in [-0.15, -0.1) is 0 Å². The highest BCUT2D eigenvalue weighted by atomic mass is 16.1. The van der Waals surface area contributed by atoms with E-state index in [1.54, 1.807) is 43.4 Å². The molecule has 0 atom stereocenters. The number of rotatable bonds is 2. The molecule has 0 aliphatic heterocycles. The smallest absolute Gasteiger partial charge is 0.251 e. The summed E-state index contributed by atoms with van der Waals surface area (Å²) in [5.74, 6) is -0.206. The Hall–Kier alpha value is -2.80. The molecule has 2 aromatic carbocycles. The number of anilines is 1. The zero-order valence-electron chi connectivity index (χ0n) is 10.5. The first kappa shape index (κ1) is 12.7. The number of amides is 1. The molecular weight excluding hydrogens is 238 g/mol. The third-order valence-electron chi connectivity index (χ3n) is 2.85. The molecule has 0 radical (unpaired) electrons. The maximum absolute atomic E-state index is 11.9. The van der Waals surface area contributed by atoms with Crippen molar-refractivity contribution in [1.82, 2.24) is 5.32 Å². The molecule has 4 heteroatoms. The number of carbonyl (C=O) groups excluding carboxylic acids is 1. The predicted octanol–water partition coefficient (Wildman–Crippen LogP) is 2.17. The summed E-state index contributed by atoms with van der Waals surface area (Å²) in [4.78, 5) is 11.9. The van der Waals surface area contributed by atoms with Crippen LogP contribution in [0.1, 0.15) is 15.9 Å². The van der Waals surface area contributed by atoms with Gasteiger partial charge in [-0.05, 0) is 29.8 Å². The fourth-order valence-corrected chi connectivity index (χ4v) is 1.93. The van der Waals surface area contributed by atoms with E-state index in [1.807, 2.05) is 6.07 Å². The Labute approximate surface area is 111 Å². The summed E-state index contributed by atoms with van der Waals surface area (Å²) in [7, 11) is 1.57. The average Bonchev–Trinajstić information content (AvgIpc) is 2.46. The van der Waals surface area contributed by atoms with Crippen LogP contribution in [0, 0.1) is 11.3 Å². The fourth-order valence-electron chi connectivity index (χ4n) is 1.93.